The van der Waals surface area contributed by atoms with Crippen molar-refractivity contribution >= 4 is 34.8 Å². The van der Waals surface area contributed by atoms with Gasteiger partial charge in [-0.1, -0.05) is 45.0 Å². The van der Waals surface area contributed by atoms with Gasteiger partial charge in [0.1, 0.15) is 6.04 Å². The van der Waals surface area contributed by atoms with Crippen LogP contribution < -0.4 is 11.1 Å². The summed E-state index contributed by atoms with van der Waals surface area (Å²) in [6.45, 7) is 7.68. The molecule has 0 spiro atoms. The highest BCUT2D eigenvalue weighted by Crippen LogP contribution is 2.29. The minimum atomic E-state index is -0.782. The number of alkyl halides is 1. The number of nitrogens with zero attached hydrogens (tertiary/aromatic N) is 2. The Hall–Kier alpha value is -2.00. The fraction of sp³-hybridized carbons (Fsp3) is 0.522. The van der Waals surface area contributed by atoms with Crippen molar-refractivity contribution < 1.29 is 14.7 Å². The second-order valence-electron chi connectivity index (χ2n) is 9.34. The summed E-state index contributed by atoms with van der Waals surface area (Å²) in [4.78, 5) is 32.8. The van der Waals surface area contributed by atoms with Crippen LogP contribution in [0, 0.1) is 12.3 Å². The zero-order valence-corrected chi connectivity index (χ0v) is 20.4. The van der Waals surface area contributed by atoms with E-state index in [2.05, 4.69) is 10.3 Å². The highest BCUT2D eigenvalue weighted by atomic mass is 35.5. The fourth-order valence-corrected chi connectivity index (χ4v) is 4.85. The van der Waals surface area contributed by atoms with Crippen LogP contribution in [0.5, 0.6) is 0 Å². The first-order valence-electron chi connectivity index (χ1n) is 10.6. The van der Waals surface area contributed by atoms with Crippen LogP contribution in [0.3, 0.4) is 0 Å². The molecule has 32 heavy (non-hydrogen) atoms. The summed E-state index contributed by atoms with van der Waals surface area (Å²) in [5.74, 6) is -0.500. The number of amides is 2. The Morgan fingerprint density at radius 2 is 2.00 bits per heavy atom. The van der Waals surface area contributed by atoms with Gasteiger partial charge in [-0.25, -0.2) is 4.98 Å². The summed E-state index contributed by atoms with van der Waals surface area (Å²) in [5.41, 5.74) is 10.4. The van der Waals surface area contributed by atoms with E-state index in [-0.39, 0.29) is 30.7 Å². The Morgan fingerprint density at radius 3 is 2.53 bits per heavy atom. The number of thiazole rings is 1. The highest BCUT2D eigenvalue weighted by molar-refractivity contribution is 7.13. The van der Waals surface area contributed by atoms with E-state index in [0.29, 0.717) is 0 Å². The number of hydrogen-bond acceptors (Lipinski definition) is 6. The Morgan fingerprint density at radius 1 is 1.34 bits per heavy atom. The molecule has 1 aliphatic rings. The molecule has 1 fully saturated rings. The van der Waals surface area contributed by atoms with Crippen LogP contribution in [0.15, 0.2) is 29.8 Å². The van der Waals surface area contributed by atoms with Crippen molar-refractivity contribution in [2.45, 2.75) is 58.3 Å². The summed E-state index contributed by atoms with van der Waals surface area (Å²) in [6, 6.07) is 5.86. The summed E-state index contributed by atoms with van der Waals surface area (Å²) < 4.78 is 0. The van der Waals surface area contributed by atoms with Crippen molar-refractivity contribution in [1.29, 1.82) is 0 Å². The van der Waals surface area contributed by atoms with Crippen molar-refractivity contribution in [1.82, 2.24) is 15.2 Å². The van der Waals surface area contributed by atoms with Crippen LogP contribution in [-0.2, 0) is 9.59 Å². The lowest BCUT2D eigenvalue weighted by Crippen LogP contribution is -2.55. The maximum atomic E-state index is 13.1. The number of β-amino-alcohol motifs (C(OH)–C–C–N with tert-alkyl or cyclic N) is 1. The lowest BCUT2D eigenvalue weighted by Gasteiger charge is -2.33. The number of aromatic nitrogens is 1. The number of carbonyl (C=O) groups is 2. The second-order valence-corrected chi connectivity index (χ2v) is 10.5. The van der Waals surface area contributed by atoms with Gasteiger partial charge in [0.15, 0.2) is 0 Å². The predicted molar refractivity (Wildman–Crippen MR) is 127 cm³/mol. The largest absolute Gasteiger partial charge is 0.391 e. The number of aliphatic hydroxyl groups is 1. The Bertz CT molecular complexity index is 957. The minimum Gasteiger partial charge on any atom is -0.391 e. The lowest BCUT2D eigenvalue weighted by molar-refractivity contribution is -0.141. The molecule has 174 valence electrons. The molecule has 3 rings (SSSR count). The van der Waals surface area contributed by atoms with Gasteiger partial charge in [-0.3, -0.25) is 9.59 Å². The lowest BCUT2D eigenvalue weighted by atomic mass is 9.86. The van der Waals surface area contributed by atoms with E-state index in [1.54, 1.807) is 11.3 Å². The van der Waals surface area contributed by atoms with Gasteiger partial charge in [0.05, 0.1) is 34.3 Å². The van der Waals surface area contributed by atoms with E-state index in [1.807, 2.05) is 57.5 Å². The SMILES string of the molecule is Cc1ncsc1-c1ccc([C@H](CCl)NC(=O)[C@@H]2C[C@@H](O)CN2C(=O)[C@@H](N)C(C)(C)C)cc1. The maximum absolute atomic E-state index is 13.1. The number of aryl methyl sites for hydroxylation is 1. The molecule has 4 atom stereocenters. The van der Waals surface area contributed by atoms with Gasteiger partial charge < -0.3 is 21.1 Å². The number of rotatable bonds is 6. The minimum absolute atomic E-state index is 0.0924. The number of likely N-dealkylation sites (tertiary alicyclic amines) is 1. The first-order valence-corrected chi connectivity index (χ1v) is 12.0. The molecule has 2 amide bonds. The van der Waals surface area contributed by atoms with Gasteiger partial charge in [0.2, 0.25) is 11.8 Å². The first-order chi connectivity index (χ1) is 15.0. The van der Waals surface area contributed by atoms with Gasteiger partial charge in [0.25, 0.3) is 0 Å². The van der Waals surface area contributed by atoms with E-state index < -0.39 is 29.6 Å². The van der Waals surface area contributed by atoms with Crippen LogP contribution in [0.25, 0.3) is 10.4 Å². The molecule has 0 radical (unpaired) electrons. The number of aliphatic hydroxyl groups excluding tert-OH is 1. The van der Waals surface area contributed by atoms with Crippen LogP contribution in [0.4, 0.5) is 0 Å². The first kappa shape index (κ1) is 24.6. The van der Waals surface area contributed by atoms with Crippen LogP contribution >= 0.6 is 22.9 Å². The molecule has 2 aromatic rings. The standard InChI is InChI=1S/C23H31ClN4O3S/c1-13-19(32-12-26-13)15-7-5-14(6-8-15)17(10-24)27-21(30)18-9-16(29)11-28(18)22(31)20(25)23(2,3)4/h5-8,12,16-18,20,29H,9-11,25H2,1-4H3,(H,27,30)/t16-,17+,18+,20-/m1/s1. The summed E-state index contributed by atoms with van der Waals surface area (Å²) in [5, 5.41) is 13.1. The molecular formula is C23H31ClN4O3S. The molecule has 4 N–H and O–H groups in total. The molecule has 1 aliphatic heterocycles. The highest BCUT2D eigenvalue weighted by Gasteiger charge is 2.43. The second kappa shape index (κ2) is 9.87. The van der Waals surface area contributed by atoms with Crippen molar-refractivity contribution in [2.75, 3.05) is 12.4 Å². The third-order valence-corrected chi connectivity index (χ3v) is 7.14. The van der Waals surface area contributed by atoms with Gasteiger partial charge in [-0.05, 0) is 23.5 Å². The third-order valence-electron chi connectivity index (χ3n) is 5.86. The molecule has 0 aliphatic carbocycles. The van der Waals surface area contributed by atoms with Crippen LogP contribution in [0.2, 0.25) is 0 Å². The number of carbonyl (C=O) groups excluding carboxylic acids is 2. The molecule has 0 unspecified atom stereocenters. The van der Waals surface area contributed by atoms with Crippen molar-refractivity contribution in [3.8, 4) is 10.4 Å². The molecule has 1 aromatic heterocycles. The van der Waals surface area contributed by atoms with Crippen molar-refractivity contribution in [2.24, 2.45) is 11.1 Å². The number of nitrogens with two attached hydrogens (primary N) is 1. The summed E-state index contributed by atoms with van der Waals surface area (Å²) >= 11 is 7.76. The van der Waals surface area contributed by atoms with Crippen molar-refractivity contribution in [3.63, 3.8) is 0 Å². The average molecular weight is 479 g/mol. The van der Waals surface area contributed by atoms with Gasteiger partial charge >= 0.3 is 0 Å². The monoisotopic (exact) mass is 478 g/mol. The topological polar surface area (TPSA) is 109 Å². The number of halogens is 1. The van der Waals surface area contributed by atoms with Gasteiger partial charge in [-0.15, -0.1) is 22.9 Å². The Balaban J connectivity index is 1.73. The molecule has 9 heteroatoms. The van der Waals surface area contributed by atoms with Gasteiger partial charge in [0, 0.05) is 18.8 Å². The molecular weight excluding hydrogens is 448 g/mol. The smallest absolute Gasteiger partial charge is 0.243 e. The normalized spacial score (nSPS) is 20.8. The Kier molecular flexibility index (Phi) is 7.60. The number of hydrogen-bond donors (Lipinski definition) is 3. The fourth-order valence-electron chi connectivity index (χ4n) is 3.78. The van der Waals surface area contributed by atoms with E-state index in [0.717, 1.165) is 21.7 Å². The molecule has 7 nitrogen and oxygen atoms in total. The zero-order valence-electron chi connectivity index (χ0n) is 18.8. The van der Waals surface area contributed by atoms with Crippen LogP contribution in [-0.4, -0.2) is 57.4 Å². The molecule has 1 aromatic carbocycles. The summed E-state index contributed by atoms with van der Waals surface area (Å²) in [6.07, 6.45) is -0.592. The number of benzene rings is 1. The van der Waals surface area contributed by atoms with Crippen molar-refractivity contribution in [3.05, 3.63) is 41.0 Å². The summed E-state index contributed by atoms with van der Waals surface area (Å²) in [7, 11) is 0. The molecule has 2 heterocycles. The number of nitrogens with one attached hydrogen (secondary N) is 1. The van der Waals surface area contributed by atoms with Crippen LogP contribution in [0.1, 0.15) is 44.5 Å². The van der Waals surface area contributed by atoms with E-state index in [1.165, 1.54) is 4.90 Å². The molecule has 0 saturated carbocycles. The van der Waals surface area contributed by atoms with Gasteiger partial charge in [-0.2, -0.15) is 0 Å². The zero-order chi connectivity index (χ0) is 23.6. The third kappa shape index (κ3) is 5.31. The van der Waals surface area contributed by atoms with E-state index >= 15 is 0 Å². The Labute approximate surface area is 198 Å². The predicted octanol–water partition coefficient (Wildman–Crippen LogP) is 2.85. The average Bonchev–Trinajstić information content (AvgIpc) is 3.35. The maximum Gasteiger partial charge on any atom is 0.243 e. The van der Waals surface area contributed by atoms with E-state index in [9.17, 15) is 14.7 Å². The van der Waals surface area contributed by atoms with E-state index in [4.69, 9.17) is 17.3 Å². The quantitative estimate of drug-likeness (QED) is 0.553. The molecule has 0 bridgehead atoms. The molecule has 1 saturated heterocycles.